The molecule has 0 aliphatic heterocycles. The Hall–Kier alpha value is -2.49. The van der Waals surface area contributed by atoms with Crippen LogP contribution in [-0.2, 0) is 6.54 Å². The van der Waals surface area contributed by atoms with Crippen LogP contribution in [0.15, 0.2) is 48.5 Å². The van der Waals surface area contributed by atoms with Gasteiger partial charge in [-0.2, -0.15) is 0 Å². The van der Waals surface area contributed by atoms with E-state index in [-0.39, 0.29) is 18.2 Å². The van der Waals surface area contributed by atoms with Crippen LogP contribution in [0, 0.1) is 0 Å². The molecule has 98 valence electrons. The Morgan fingerprint density at radius 3 is 2.74 bits per heavy atom. The fourth-order valence-corrected chi connectivity index (χ4v) is 1.70. The summed E-state index contributed by atoms with van der Waals surface area (Å²) in [5.41, 5.74) is 1.20. The number of amides is 1. The van der Waals surface area contributed by atoms with Crippen molar-refractivity contribution in [3.05, 3.63) is 59.7 Å². The maximum Gasteiger partial charge on any atom is 0.251 e. The molecule has 0 aliphatic rings. The van der Waals surface area contributed by atoms with Crippen LogP contribution in [0.1, 0.15) is 15.9 Å². The SMILES string of the molecule is COc1cccc(C(=O)NCc2ccccc2O)c1. The number of hydrogen-bond acceptors (Lipinski definition) is 3. The molecule has 2 aromatic carbocycles. The lowest BCUT2D eigenvalue weighted by molar-refractivity contribution is 0.0950. The van der Waals surface area contributed by atoms with Gasteiger partial charge in [-0.3, -0.25) is 4.79 Å². The van der Waals surface area contributed by atoms with Gasteiger partial charge in [0.15, 0.2) is 0 Å². The number of benzene rings is 2. The summed E-state index contributed by atoms with van der Waals surface area (Å²) >= 11 is 0. The lowest BCUT2D eigenvalue weighted by Gasteiger charge is -2.08. The Labute approximate surface area is 111 Å². The maximum atomic E-state index is 11.9. The van der Waals surface area contributed by atoms with Gasteiger partial charge < -0.3 is 15.2 Å². The Balaban J connectivity index is 2.03. The minimum atomic E-state index is -0.206. The molecular weight excluding hydrogens is 242 g/mol. The van der Waals surface area contributed by atoms with Crippen LogP contribution in [0.5, 0.6) is 11.5 Å². The van der Waals surface area contributed by atoms with Crippen LogP contribution in [-0.4, -0.2) is 18.1 Å². The smallest absolute Gasteiger partial charge is 0.251 e. The van der Waals surface area contributed by atoms with Crippen LogP contribution >= 0.6 is 0 Å². The van der Waals surface area contributed by atoms with E-state index in [1.165, 1.54) is 0 Å². The molecule has 0 atom stereocenters. The standard InChI is InChI=1S/C15H15NO3/c1-19-13-7-4-6-11(9-13)15(18)16-10-12-5-2-3-8-14(12)17/h2-9,17H,10H2,1H3,(H,16,18). The van der Waals surface area contributed by atoms with Gasteiger partial charge in [-0.1, -0.05) is 24.3 Å². The second-order valence-corrected chi connectivity index (χ2v) is 4.04. The van der Waals surface area contributed by atoms with E-state index in [9.17, 15) is 9.90 Å². The van der Waals surface area contributed by atoms with Gasteiger partial charge in [0.05, 0.1) is 7.11 Å². The van der Waals surface area contributed by atoms with E-state index in [2.05, 4.69) is 5.32 Å². The first-order valence-electron chi connectivity index (χ1n) is 5.90. The van der Waals surface area contributed by atoms with Crippen LogP contribution < -0.4 is 10.1 Å². The molecule has 0 fully saturated rings. The van der Waals surface area contributed by atoms with Gasteiger partial charge in [0.25, 0.3) is 5.91 Å². The summed E-state index contributed by atoms with van der Waals surface area (Å²) in [7, 11) is 1.55. The average Bonchev–Trinajstić information content (AvgIpc) is 2.46. The van der Waals surface area contributed by atoms with Crippen LogP contribution in [0.25, 0.3) is 0 Å². The number of nitrogens with one attached hydrogen (secondary N) is 1. The van der Waals surface area contributed by atoms with Crippen molar-refractivity contribution in [1.29, 1.82) is 0 Å². The molecule has 0 saturated carbocycles. The minimum Gasteiger partial charge on any atom is -0.508 e. The molecule has 0 spiro atoms. The third-order valence-electron chi connectivity index (χ3n) is 2.76. The molecule has 4 nitrogen and oxygen atoms in total. The number of phenolic OH excluding ortho intramolecular Hbond substituents is 1. The molecule has 4 heteroatoms. The molecule has 2 rings (SSSR count). The molecule has 0 radical (unpaired) electrons. The molecule has 0 saturated heterocycles. The van der Waals surface area contributed by atoms with E-state index in [1.54, 1.807) is 49.6 Å². The fourth-order valence-electron chi connectivity index (χ4n) is 1.70. The Bertz CT molecular complexity index is 581. The van der Waals surface area contributed by atoms with E-state index in [0.29, 0.717) is 16.9 Å². The van der Waals surface area contributed by atoms with Crippen molar-refractivity contribution < 1.29 is 14.6 Å². The van der Waals surface area contributed by atoms with E-state index < -0.39 is 0 Å². The van der Waals surface area contributed by atoms with Gasteiger partial charge in [-0.05, 0) is 24.3 Å². The molecule has 2 N–H and O–H groups in total. The van der Waals surface area contributed by atoms with Crippen molar-refractivity contribution in [2.24, 2.45) is 0 Å². The third kappa shape index (κ3) is 3.25. The van der Waals surface area contributed by atoms with Crippen molar-refractivity contribution in [1.82, 2.24) is 5.32 Å². The van der Waals surface area contributed by atoms with Crippen LogP contribution in [0.3, 0.4) is 0 Å². The number of carbonyl (C=O) groups excluding carboxylic acids is 1. The quantitative estimate of drug-likeness (QED) is 0.883. The highest BCUT2D eigenvalue weighted by molar-refractivity contribution is 5.94. The molecule has 0 bridgehead atoms. The second-order valence-electron chi connectivity index (χ2n) is 4.04. The summed E-state index contributed by atoms with van der Waals surface area (Å²) in [5.74, 6) is 0.603. The van der Waals surface area contributed by atoms with Gasteiger partial charge in [0, 0.05) is 17.7 Å². The van der Waals surface area contributed by atoms with Gasteiger partial charge in [-0.25, -0.2) is 0 Å². The minimum absolute atomic E-state index is 0.174. The van der Waals surface area contributed by atoms with Gasteiger partial charge in [0.1, 0.15) is 11.5 Å². The first kappa shape index (κ1) is 13.0. The summed E-state index contributed by atoms with van der Waals surface area (Å²) in [6.07, 6.45) is 0. The van der Waals surface area contributed by atoms with E-state index in [0.717, 1.165) is 0 Å². The van der Waals surface area contributed by atoms with Crippen molar-refractivity contribution in [2.75, 3.05) is 7.11 Å². The van der Waals surface area contributed by atoms with E-state index in [4.69, 9.17) is 4.74 Å². The lowest BCUT2D eigenvalue weighted by Crippen LogP contribution is -2.22. The normalized spacial score (nSPS) is 9.95. The van der Waals surface area contributed by atoms with Crippen molar-refractivity contribution >= 4 is 5.91 Å². The number of aromatic hydroxyl groups is 1. The highest BCUT2D eigenvalue weighted by Crippen LogP contribution is 2.16. The zero-order chi connectivity index (χ0) is 13.7. The summed E-state index contributed by atoms with van der Waals surface area (Å²) in [6.45, 7) is 0.280. The maximum absolute atomic E-state index is 11.9. The van der Waals surface area contributed by atoms with Gasteiger partial charge in [-0.15, -0.1) is 0 Å². The Morgan fingerprint density at radius 1 is 1.21 bits per heavy atom. The number of carbonyl (C=O) groups is 1. The number of para-hydroxylation sites is 1. The third-order valence-corrected chi connectivity index (χ3v) is 2.76. The number of methoxy groups -OCH3 is 1. The molecule has 2 aromatic rings. The molecule has 1 amide bonds. The average molecular weight is 257 g/mol. The predicted octanol–water partition coefficient (Wildman–Crippen LogP) is 2.33. The number of hydrogen-bond donors (Lipinski definition) is 2. The first-order valence-corrected chi connectivity index (χ1v) is 5.90. The number of ether oxygens (including phenoxy) is 1. The van der Waals surface area contributed by atoms with Gasteiger partial charge >= 0.3 is 0 Å². The van der Waals surface area contributed by atoms with Crippen LogP contribution in [0.4, 0.5) is 0 Å². The van der Waals surface area contributed by atoms with Crippen molar-refractivity contribution in [3.63, 3.8) is 0 Å². The highest BCUT2D eigenvalue weighted by Gasteiger charge is 2.07. The molecule has 0 unspecified atom stereocenters. The monoisotopic (exact) mass is 257 g/mol. The summed E-state index contributed by atoms with van der Waals surface area (Å²) in [6, 6.07) is 13.8. The van der Waals surface area contributed by atoms with Crippen molar-refractivity contribution in [3.8, 4) is 11.5 Å². The highest BCUT2D eigenvalue weighted by atomic mass is 16.5. The number of phenols is 1. The summed E-state index contributed by atoms with van der Waals surface area (Å²) in [4.78, 5) is 11.9. The lowest BCUT2D eigenvalue weighted by atomic mass is 10.1. The predicted molar refractivity (Wildman–Crippen MR) is 72.3 cm³/mol. The van der Waals surface area contributed by atoms with Gasteiger partial charge in [0.2, 0.25) is 0 Å². The summed E-state index contributed by atoms with van der Waals surface area (Å²) < 4.78 is 5.07. The van der Waals surface area contributed by atoms with E-state index in [1.807, 2.05) is 6.07 Å². The molecule has 0 aromatic heterocycles. The molecule has 19 heavy (non-hydrogen) atoms. The number of rotatable bonds is 4. The van der Waals surface area contributed by atoms with E-state index >= 15 is 0 Å². The topological polar surface area (TPSA) is 58.6 Å². The fraction of sp³-hybridized carbons (Fsp3) is 0.133. The van der Waals surface area contributed by atoms with Crippen molar-refractivity contribution in [2.45, 2.75) is 6.54 Å². The Kier molecular flexibility index (Phi) is 4.03. The first-order chi connectivity index (χ1) is 9.20. The molecule has 0 heterocycles. The molecule has 0 aliphatic carbocycles. The molecular formula is C15H15NO3. The largest absolute Gasteiger partial charge is 0.508 e. The second kappa shape index (κ2) is 5.91. The van der Waals surface area contributed by atoms with Crippen LogP contribution in [0.2, 0.25) is 0 Å². The zero-order valence-electron chi connectivity index (χ0n) is 10.6. The summed E-state index contributed by atoms with van der Waals surface area (Å²) in [5, 5.41) is 12.4. The zero-order valence-corrected chi connectivity index (χ0v) is 10.6. The Morgan fingerprint density at radius 2 is 2.00 bits per heavy atom.